The molecule has 0 spiro atoms. The number of hydrogen-bond acceptors (Lipinski definition) is 4. The van der Waals surface area contributed by atoms with E-state index in [2.05, 4.69) is 31.9 Å². The molecule has 0 heterocycles. The topological polar surface area (TPSA) is 79.5 Å². The molecule has 31 heavy (non-hydrogen) atoms. The Kier molecular flexibility index (Phi) is 7.75. The number of hydrogen-bond donors (Lipinski definition) is 3. The second-order valence-electron chi connectivity index (χ2n) is 6.38. The van der Waals surface area contributed by atoms with Gasteiger partial charge in [-0.2, -0.15) is 0 Å². The van der Waals surface area contributed by atoms with E-state index in [1.807, 2.05) is 25.1 Å². The zero-order valence-corrected chi connectivity index (χ0v) is 19.0. The number of ether oxygens (including phenoxy) is 1. The molecule has 0 radical (unpaired) electrons. The quantitative estimate of drug-likeness (QED) is 0.406. The first-order valence-electron chi connectivity index (χ1n) is 9.47. The van der Waals surface area contributed by atoms with Crippen molar-refractivity contribution in [1.82, 2.24) is 5.32 Å². The van der Waals surface area contributed by atoms with Gasteiger partial charge in [-0.3, -0.25) is 14.9 Å². The fourth-order valence-corrected chi connectivity index (χ4v) is 3.30. The number of thiocarbonyl (C=S) groups is 1. The summed E-state index contributed by atoms with van der Waals surface area (Å²) in [6, 6.07) is 21.2. The molecule has 3 aromatic carbocycles. The minimum atomic E-state index is -0.381. The molecule has 0 saturated carbocycles. The van der Waals surface area contributed by atoms with Crippen LogP contribution in [0.5, 0.6) is 5.75 Å². The number of benzene rings is 3. The van der Waals surface area contributed by atoms with Crippen LogP contribution in [0.25, 0.3) is 0 Å². The summed E-state index contributed by atoms with van der Waals surface area (Å²) in [4.78, 5) is 24.8. The van der Waals surface area contributed by atoms with Crippen molar-refractivity contribution >= 4 is 56.4 Å². The number of carbonyl (C=O) groups excluding carboxylic acids is 2. The van der Waals surface area contributed by atoms with Crippen LogP contribution in [0.2, 0.25) is 0 Å². The molecule has 0 saturated heterocycles. The third-order valence-corrected chi connectivity index (χ3v) is 4.85. The molecule has 0 aromatic heterocycles. The Morgan fingerprint density at radius 2 is 1.55 bits per heavy atom. The molecule has 6 nitrogen and oxygen atoms in total. The minimum absolute atomic E-state index is 0.147. The Balaban J connectivity index is 1.59. The fraction of sp³-hybridized carbons (Fsp3) is 0.0870. The molecular weight excluding hydrogens is 478 g/mol. The van der Waals surface area contributed by atoms with Gasteiger partial charge in [-0.25, -0.2) is 0 Å². The monoisotopic (exact) mass is 497 g/mol. The predicted molar refractivity (Wildman–Crippen MR) is 130 cm³/mol. The highest BCUT2D eigenvalue weighted by atomic mass is 79.9. The molecule has 0 aliphatic carbocycles. The molecule has 0 atom stereocenters. The van der Waals surface area contributed by atoms with E-state index >= 15 is 0 Å². The van der Waals surface area contributed by atoms with Gasteiger partial charge in [-0.05, 0) is 73.7 Å². The van der Waals surface area contributed by atoms with Crippen molar-refractivity contribution < 1.29 is 14.3 Å². The maximum absolute atomic E-state index is 12.6. The number of anilines is 2. The maximum atomic E-state index is 12.6. The maximum Gasteiger partial charge on any atom is 0.261 e. The van der Waals surface area contributed by atoms with Gasteiger partial charge in [0.25, 0.3) is 11.8 Å². The summed E-state index contributed by atoms with van der Waals surface area (Å²) in [5.74, 6) is -0.0956. The van der Waals surface area contributed by atoms with Crippen molar-refractivity contribution in [3.05, 3.63) is 88.4 Å². The zero-order valence-electron chi connectivity index (χ0n) is 16.6. The van der Waals surface area contributed by atoms with Crippen LogP contribution >= 0.6 is 28.1 Å². The fourth-order valence-electron chi connectivity index (χ4n) is 2.72. The molecule has 0 bridgehead atoms. The van der Waals surface area contributed by atoms with E-state index in [4.69, 9.17) is 17.0 Å². The largest absolute Gasteiger partial charge is 0.493 e. The first-order chi connectivity index (χ1) is 15.0. The SMILES string of the molecule is CCOc1ccc(Br)cc1C(=O)NC(=S)Nc1ccc(NC(=O)c2ccccc2)cc1. The molecule has 2 amide bonds. The second-order valence-corrected chi connectivity index (χ2v) is 7.70. The standard InChI is InChI=1S/C23H20BrN3O3S/c1-2-30-20-13-8-16(24)14-19(20)22(29)27-23(31)26-18-11-9-17(10-12-18)25-21(28)15-6-4-3-5-7-15/h3-14H,2H2,1H3,(H,25,28)(H2,26,27,29,31). The van der Waals surface area contributed by atoms with E-state index in [1.54, 1.807) is 54.6 Å². The first-order valence-corrected chi connectivity index (χ1v) is 10.7. The predicted octanol–water partition coefficient (Wildman–Crippen LogP) is 5.23. The Bertz CT molecular complexity index is 1090. The molecular formula is C23H20BrN3O3S. The van der Waals surface area contributed by atoms with Crippen molar-refractivity contribution in [2.45, 2.75) is 6.92 Å². The van der Waals surface area contributed by atoms with Crippen molar-refractivity contribution in [1.29, 1.82) is 0 Å². The van der Waals surface area contributed by atoms with Crippen LogP contribution in [-0.2, 0) is 0 Å². The summed E-state index contributed by atoms with van der Waals surface area (Å²) in [6.07, 6.45) is 0. The first kappa shape index (κ1) is 22.5. The van der Waals surface area contributed by atoms with E-state index in [0.717, 1.165) is 4.47 Å². The van der Waals surface area contributed by atoms with Gasteiger partial charge < -0.3 is 15.4 Å². The van der Waals surface area contributed by atoms with Gasteiger partial charge in [-0.1, -0.05) is 34.1 Å². The molecule has 0 unspecified atom stereocenters. The van der Waals surface area contributed by atoms with E-state index < -0.39 is 0 Å². The van der Waals surface area contributed by atoms with Gasteiger partial charge in [-0.15, -0.1) is 0 Å². The number of rotatable bonds is 6. The lowest BCUT2D eigenvalue weighted by atomic mass is 10.2. The molecule has 0 aliphatic rings. The second kappa shape index (κ2) is 10.7. The molecule has 8 heteroatoms. The average Bonchev–Trinajstić information content (AvgIpc) is 2.77. The summed E-state index contributed by atoms with van der Waals surface area (Å²) >= 11 is 8.61. The molecule has 0 fully saturated rings. The highest BCUT2D eigenvalue weighted by molar-refractivity contribution is 9.10. The summed E-state index contributed by atoms with van der Waals surface area (Å²) in [5, 5.41) is 8.58. The van der Waals surface area contributed by atoms with Crippen molar-refractivity contribution in [2.75, 3.05) is 17.2 Å². The van der Waals surface area contributed by atoms with Crippen LogP contribution in [0.4, 0.5) is 11.4 Å². The van der Waals surface area contributed by atoms with Gasteiger partial charge in [0, 0.05) is 21.4 Å². The van der Waals surface area contributed by atoms with E-state index in [9.17, 15) is 9.59 Å². The average molecular weight is 498 g/mol. The number of nitrogens with one attached hydrogen (secondary N) is 3. The number of halogens is 1. The van der Waals surface area contributed by atoms with Crippen molar-refractivity contribution in [2.24, 2.45) is 0 Å². The summed E-state index contributed by atoms with van der Waals surface area (Å²) in [7, 11) is 0. The molecule has 3 aromatic rings. The zero-order chi connectivity index (χ0) is 22.2. The summed E-state index contributed by atoms with van der Waals surface area (Å²) in [6.45, 7) is 2.29. The lowest BCUT2D eigenvalue weighted by molar-refractivity contribution is 0.0972. The van der Waals surface area contributed by atoms with Gasteiger partial charge in [0.1, 0.15) is 5.75 Å². The van der Waals surface area contributed by atoms with Crippen LogP contribution < -0.4 is 20.7 Å². The lowest BCUT2D eigenvalue weighted by Gasteiger charge is -2.13. The summed E-state index contributed by atoms with van der Waals surface area (Å²) < 4.78 is 6.27. The molecule has 158 valence electrons. The smallest absolute Gasteiger partial charge is 0.261 e. The van der Waals surface area contributed by atoms with Gasteiger partial charge in [0.15, 0.2) is 5.11 Å². The Morgan fingerprint density at radius 3 is 2.19 bits per heavy atom. The summed E-state index contributed by atoms with van der Waals surface area (Å²) in [5.41, 5.74) is 2.26. The Hall–Kier alpha value is -3.23. The highest BCUT2D eigenvalue weighted by Gasteiger charge is 2.15. The van der Waals surface area contributed by atoms with E-state index in [0.29, 0.717) is 34.9 Å². The lowest BCUT2D eigenvalue weighted by Crippen LogP contribution is -2.34. The van der Waals surface area contributed by atoms with Crippen molar-refractivity contribution in [3.63, 3.8) is 0 Å². The Morgan fingerprint density at radius 1 is 0.903 bits per heavy atom. The molecule has 3 rings (SSSR count). The van der Waals surface area contributed by atoms with Crippen LogP contribution in [0.3, 0.4) is 0 Å². The minimum Gasteiger partial charge on any atom is -0.493 e. The van der Waals surface area contributed by atoms with Crippen LogP contribution in [0, 0.1) is 0 Å². The number of amides is 2. The third kappa shape index (κ3) is 6.37. The normalized spacial score (nSPS) is 10.1. The van der Waals surface area contributed by atoms with Crippen LogP contribution in [0.15, 0.2) is 77.3 Å². The molecule has 0 aliphatic heterocycles. The third-order valence-electron chi connectivity index (χ3n) is 4.15. The highest BCUT2D eigenvalue weighted by Crippen LogP contribution is 2.23. The number of carbonyl (C=O) groups is 2. The van der Waals surface area contributed by atoms with Gasteiger partial charge in [0.2, 0.25) is 0 Å². The molecule has 3 N–H and O–H groups in total. The van der Waals surface area contributed by atoms with Gasteiger partial charge in [0.05, 0.1) is 12.2 Å². The van der Waals surface area contributed by atoms with Crippen LogP contribution in [-0.4, -0.2) is 23.5 Å². The Labute approximate surface area is 194 Å². The van der Waals surface area contributed by atoms with Gasteiger partial charge >= 0.3 is 0 Å². The van der Waals surface area contributed by atoms with Crippen molar-refractivity contribution in [3.8, 4) is 5.75 Å². The van der Waals surface area contributed by atoms with E-state index in [1.165, 1.54) is 0 Å². The van der Waals surface area contributed by atoms with Crippen LogP contribution in [0.1, 0.15) is 27.6 Å². The van der Waals surface area contributed by atoms with E-state index in [-0.39, 0.29) is 16.9 Å².